The maximum absolute atomic E-state index is 12.1. The number of hydrazone groups is 1. The molecule has 1 heterocycles. The zero-order chi connectivity index (χ0) is 22.2. The van der Waals surface area contributed by atoms with E-state index in [1.165, 1.54) is 30.1 Å². The average molecular weight is 439 g/mol. The smallest absolute Gasteiger partial charge is 0.335 e. The molecule has 0 unspecified atom stereocenters. The van der Waals surface area contributed by atoms with Gasteiger partial charge in [0.1, 0.15) is 5.75 Å². The van der Waals surface area contributed by atoms with Gasteiger partial charge in [0, 0.05) is 12.1 Å². The van der Waals surface area contributed by atoms with E-state index >= 15 is 0 Å². The van der Waals surface area contributed by atoms with E-state index in [1.807, 2.05) is 35.8 Å². The van der Waals surface area contributed by atoms with Crippen LogP contribution in [0.15, 0.2) is 58.8 Å². The second-order valence-corrected chi connectivity index (χ2v) is 7.23. The molecule has 0 aliphatic heterocycles. The van der Waals surface area contributed by atoms with Gasteiger partial charge in [-0.3, -0.25) is 4.79 Å². The van der Waals surface area contributed by atoms with E-state index in [1.54, 1.807) is 19.2 Å². The summed E-state index contributed by atoms with van der Waals surface area (Å²) in [7, 11) is 1.61. The zero-order valence-corrected chi connectivity index (χ0v) is 17.8. The van der Waals surface area contributed by atoms with Gasteiger partial charge < -0.3 is 14.4 Å². The molecule has 0 spiro atoms. The molecule has 0 bridgehead atoms. The molecule has 0 saturated heterocycles. The van der Waals surface area contributed by atoms with Crippen molar-refractivity contribution in [1.29, 1.82) is 0 Å². The monoisotopic (exact) mass is 439 g/mol. The Labute approximate surface area is 183 Å². The van der Waals surface area contributed by atoms with E-state index < -0.39 is 5.97 Å². The van der Waals surface area contributed by atoms with E-state index in [2.05, 4.69) is 20.7 Å². The van der Waals surface area contributed by atoms with Gasteiger partial charge in [0.25, 0.3) is 5.91 Å². The first-order valence-corrected chi connectivity index (χ1v) is 10.4. The molecule has 1 aromatic heterocycles. The average Bonchev–Trinajstić information content (AvgIpc) is 3.21. The first-order valence-electron chi connectivity index (χ1n) is 9.37. The highest BCUT2D eigenvalue weighted by molar-refractivity contribution is 7.99. The summed E-state index contributed by atoms with van der Waals surface area (Å²) in [6.45, 7) is 2.64. The molecule has 3 rings (SSSR count). The van der Waals surface area contributed by atoms with Crippen LogP contribution < -0.4 is 10.2 Å². The SMILES string of the molecule is CCn1c(SCC(=O)NN=Cc2ccc(C(=O)O)cc2)nnc1-c1ccc(OC)cc1. The van der Waals surface area contributed by atoms with Crippen LogP contribution in [0, 0.1) is 0 Å². The highest BCUT2D eigenvalue weighted by atomic mass is 32.2. The van der Waals surface area contributed by atoms with Crippen molar-refractivity contribution in [1.82, 2.24) is 20.2 Å². The van der Waals surface area contributed by atoms with Gasteiger partial charge in [-0.25, -0.2) is 10.2 Å². The second kappa shape index (κ2) is 10.4. The predicted octanol–water partition coefficient (Wildman–Crippen LogP) is 2.91. The summed E-state index contributed by atoms with van der Waals surface area (Å²) >= 11 is 1.27. The Morgan fingerprint density at radius 3 is 2.48 bits per heavy atom. The number of hydrogen-bond acceptors (Lipinski definition) is 7. The minimum atomic E-state index is -0.996. The molecule has 0 atom stereocenters. The number of carboxylic acid groups (broad SMARTS) is 1. The van der Waals surface area contributed by atoms with Gasteiger partial charge in [-0.1, -0.05) is 23.9 Å². The number of carboxylic acids is 1. The number of thioether (sulfide) groups is 1. The van der Waals surface area contributed by atoms with Crippen molar-refractivity contribution in [3.05, 3.63) is 59.7 Å². The number of methoxy groups -OCH3 is 1. The number of nitrogens with one attached hydrogen (secondary N) is 1. The third-order valence-corrected chi connectivity index (χ3v) is 5.24. The summed E-state index contributed by atoms with van der Waals surface area (Å²) in [5, 5.41) is 21.9. The van der Waals surface area contributed by atoms with E-state index in [4.69, 9.17) is 9.84 Å². The van der Waals surface area contributed by atoms with Gasteiger partial charge in [-0.15, -0.1) is 10.2 Å². The molecular weight excluding hydrogens is 418 g/mol. The fourth-order valence-electron chi connectivity index (χ4n) is 2.69. The number of ether oxygens (including phenoxy) is 1. The molecule has 0 aliphatic rings. The van der Waals surface area contributed by atoms with Crippen molar-refractivity contribution in [3.8, 4) is 17.1 Å². The number of amides is 1. The van der Waals surface area contributed by atoms with Crippen LogP contribution in [-0.4, -0.2) is 50.8 Å². The fraction of sp³-hybridized carbons (Fsp3) is 0.190. The van der Waals surface area contributed by atoms with Crippen LogP contribution in [0.25, 0.3) is 11.4 Å². The van der Waals surface area contributed by atoms with Crippen LogP contribution in [-0.2, 0) is 11.3 Å². The zero-order valence-electron chi connectivity index (χ0n) is 17.0. The highest BCUT2D eigenvalue weighted by Crippen LogP contribution is 2.25. The molecule has 0 aliphatic carbocycles. The largest absolute Gasteiger partial charge is 0.497 e. The Kier molecular flexibility index (Phi) is 7.39. The summed E-state index contributed by atoms with van der Waals surface area (Å²) in [5.74, 6) is 0.312. The third-order valence-electron chi connectivity index (χ3n) is 4.27. The Morgan fingerprint density at radius 2 is 1.87 bits per heavy atom. The number of nitrogens with zero attached hydrogens (tertiary/aromatic N) is 4. The third kappa shape index (κ3) is 5.70. The molecule has 0 radical (unpaired) electrons. The van der Waals surface area contributed by atoms with Crippen molar-refractivity contribution in [3.63, 3.8) is 0 Å². The first-order chi connectivity index (χ1) is 15.0. The second-order valence-electron chi connectivity index (χ2n) is 6.29. The summed E-state index contributed by atoms with van der Waals surface area (Å²) < 4.78 is 7.12. The number of aromatic carboxylic acids is 1. The van der Waals surface area contributed by atoms with Gasteiger partial charge in [0.2, 0.25) is 0 Å². The molecule has 2 N–H and O–H groups in total. The number of benzene rings is 2. The molecular formula is C21H21N5O4S. The number of carbonyl (C=O) groups is 2. The van der Waals surface area contributed by atoms with Crippen LogP contribution >= 0.6 is 11.8 Å². The number of rotatable bonds is 9. The lowest BCUT2D eigenvalue weighted by Crippen LogP contribution is -2.20. The van der Waals surface area contributed by atoms with Gasteiger partial charge >= 0.3 is 5.97 Å². The van der Waals surface area contributed by atoms with Crippen LogP contribution in [0.3, 0.4) is 0 Å². The molecule has 2 aromatic carbocycles. The molecule has 0 fully saturated rings. The number of carbonyl (C=O) groups excluding carboxylic acids is 1. The summed E-state index contributed by atoms with van der Waals surface area (Å²) in [6.07, 6.45) is 1.45. The molecule has 31 heavy (non-hydrogen) atoms. The van der Waals surface area contributed by atoms with Crippen LogP contribution in [0.5, 0.6) is 5.75 Å². The first kappa shape index (κ1) is 22.0. The van der Waals surface area contributed by atoms with E-state index in [0.717, 1.165) is 17.1 Å². The summed E-state index contributed by atoms with van der Waals surface area (Å²) in [4.78, 5) is 23.0. The molecule has 1 amide bonds. The van der Waals surface area contributed by atoms with Gasteiger partial charge in [-0.2, -0.15) is 5.10 Å². The van der Waals surface area contributed by atoms with Crippen molar-refractivity contribution in [2.75, 3.05) is 12.9 Å². The normalized spacial score (nSPS) is 10.9. The lowest BCUT2D eigenvalue weighted by molar-refractivity contribution is -0.118. The molecule has 0 saturated carbocycles. The van der Waals surface area contributed by atoms with Gasteiger partial charge in [0.15, 0.2) is 11.0 Å². The molecule has 160 valence electrons. The van der Waals surface area contributed by atoms with E-state index in [0.29, 0.717) is 17.3 Å². The number of aromatic nitrogens is 3. The summed E-state index contributed by atoms with van der Waals surface area (Å²) in [6, 6.07) is 13.7. The van der Waals surface area contributed by atoms with Crippen LogP contribution in [0.2, 0.25) is 0 Å². The Hall–Kier alpha value is -3.66. The minimum Gasteiger partial charge on any atom is -0.497 e. The summed E-state index contributed by atoms with van der Waals surface area (Å²) in [5.41, 5.74) is 4.22. The Bertz CT molecular complexity index is 1080. The van der Waals surface area contributed by atoms with Crippen LogP contribution in [0.1, 0.15) is 22.8 Å². The Balaban J connectivity index is 1.57. The van der Waals surface area contributed by atoms with Gasteiger partial charge in [0.05, 0.1) is 24.6 Å². The molecule has 3 aromatic rings. The van der Waals surface area contributed by atoms with E-state index in [-0.39, 0.29) is 17.2 Å². The molecule has 9 nitrogen and oxygen atoms in total. The predicted molar refractivity (Wildman–Crippen MR) is 118 cm³/mol. The van der Waals surface area contributed by atoms with Crippen molar-refractivity contribution in [2.24, 2.45) is 5.10 Å². The van der Waals surface area contributed by atoms with Crippen molar-refractivity contribution >= 4 is 29.9 Å². The fourth-order valence-corrected chi connectivity index (χ4v) is 3.48. The lowest BCUT2D eigenvalue weighted by atomic mass is 10.1. The van der Waals surface area contributed by atoms with Gasteiger partial charge in [-0.05, 0) is 48.9 Å². The Morgan fingerprint density at radius 1 is 1.16 bits per heavy atom. The quantitative estimate of drug-likeness (QED) is 0.299. The standard InChI is InChI=1S/C21H21N5O4S/c1-3-26-19(15-8-10-17(30-2)11-9-15)24-25-21(26)31-13-18(27)23-22-12-14-4-6-16(7-5-14)20(28)29/h4-12H,3,13H2,1-2H3,(H,23,27)(H,28,29). The number of hydrogen-bond donors (Lipinski definition) is 2. The highest BCUT2D eigenvalue weighted by Gasteiger charge is 2.14. The van der Waals surface area contributed by atoms with E-state index in [9.17, 15) is 9.59 Å². The molecule has 10 heteroatoms. The topological polar surface area (TPSA) is 119 Å². The maximum atomic E-state index is 12.1. The maximum Gasteiger partial charge on any atom is 0.335 e. The lowest BCUT2D eigenvalue weighted by Gasteiger charge is -2.07. The van der Waals surface area contributed by atoms with Crippen molar-refractivity contribution < 1.29 is 19.4 Å². The van der Waals surface area contributed by atoms with Crippen LogP contribution in [0.4, 0.5) is 0 Å². The van der Waals surface area contributed by atoms with Crippen molar-refractivity contribution in [2.45, 2.75) is 18.6 Å². The minimum absolute atomic E-state index is 0.121.